The van der Waals surface area contributed by atoms with E-state index in [9.17, 15) is 13.6 Å². The standard InChI is InChI=1S/C29H27ClF2N6O2S/c1-15-9-24(38-13-19(32)12-34-38)20-5-4-6-25(27(20)35-15)40-14-22-21(10-18(31)11-23(22)30)16(2)37-29(39)28-17(3)36-26(41-28)7-8-33/h4-6,9-13,16H,7-8,14,33H2,1-3H3,(H,37,39)/t16-/m0/s1. The second kappa shape index (κ2) is 11.9. The number of hydrogen-bond donors (Lipinski definition) is 2. The Morgan fingerprint density at radius 2 is 2.00 bits per heavy atom. The zero-order valence-electron chi connectivity index (χ0n) is 22.5. The number of para-hydroxylation sites is 1. The molecule has 8 nitrogen and oxygen atoms in total. The highest BCUT2D eigenvalue weighted by atomic mass is 35.5. The Labute approximate surface area is 244 Å². The SMILES string of the molecule is Cc1cc(-n2cc(F)cn2)c2cccc(OCc3c(Cl)cc(F)cc3[C@H](C)NC(=O)c3sc(CCN)nc3C)c2n1. The molecule has 3 aromatic heterocycles. The van der Waals surface area contributed by atoms with Crippen LogP contribution in [-0.4, -0.2) is 32.2 Å². The number of fused-ring (bicyclic) bond motifs is 1. The summed E-state index contributed by atoms with van der Waals surface area (Å²) in [5.41, 5.74) is 9.11. The molecule has 5 rings (SSSR count). The molecule has 0 saturated carbocycles. The largest absolute Gasteiger partial charge is 0.487 e. The molecule has 5 aromatic rings. The average Bonchev–Trinajstić information content (AvgIpc) is 3.52. The molecule has 41 heavy (non-hydrogen) atoms. The Hall–Kier alpha value is -3.93. The Morgan fingerprint density at radius 3 is 2.73 bits per heavy atom. The second-order valence-electron chi connectivity index (χ2n) is 9.54. The summed E-state index contributed by atoms with van der Waals surface area (Å²) >= 11 is 7.79. The minimum Gasteiger partial charge on any atom is -0.487 e. The minimum atomic E-state index is -0.594. The van der Waals surface area contributed by atoms with Gasteiger partial charge in [-0.15, -0.1) is 11.3 Å². The number of carbonyl (C=O) groups excluding carboxylic acids is 1. The average molecular weight is 597 g/mol. The van der Waals surface area contributed by atoms with Crippen molar-refractivity contribution in [3.63, 3.8) is 0 Å². The van der Waals surface area contributed by atoms with Crippen molar-refractivity contribution >= 4 is 39.7 Å². The maximum Gasteiger partial charge on any atom is 0.263 e. The van der Waals surface area contributed by atoms with Crippen LogP contribution in [0.3, 0.4) is 0 Å². The van der Waals surface area contributed by atoms with Crippen LogP contribution in [0.2, 0.25) is 5.02 Å². The number of aryl methyl sites for hydroxylation is 2. The highest BCUT2D eigenvalue weighted by Crippen LogP contribution is 2.33. The van der Waals surface area contributed by atoms with Crippen molar-refractivity contribution in [3.05, 3.63) is 97.8 Å². The Bertz CT molecular complexity index is 1760. The molecule has 1 amide bonds. The predicted molar refractivity (Wildman–Crippen MR) is 155 cm³/mol. The van der Waals surface area contributed by atoms with Crippen LogP contribution in [0.15, 0.2) is 48.8 Å². The number of benzene rings is 2. The minimum absolute atomic E-state index is 0.0185. The molecule has 0 unspecified atom stereocenters. The van der Waals surface area contributed by atoms with Gasteiger partial charge in [-0.2, -0.15) is 5.10 Å². The van der Waals surface area contributed by atoms with E-state index in [-0.39, 0.29) is 17.5 Å². The van der Waals surface area contributed by atoms with Gasteiger partial charge in [-0.05, 0) is 57.1 Å². The summed E-state index contributed by atoms with van der Waals surface area (Å²) in [5.74, 6) is -0.857. The van der Waals surface area contributed by atoms with E-state index in [1.807, 2.05) is 19.1 Å². The number of halogens is 3. The highest BCUT2D eigenvalue weighted by molar-refractivity contribution is 7.13. The van der Waals surface area contributed by atoms with E-state index in [2.05, 4.69) is 20.4 Å². The summed E-state index contributed by atoms with van der Waals surface area (Å²) in [6.45, 7) is 5.76. The molecule has 212 valence electrons. The molecular formula is C29H27ClF2N6O2S. The van der Waals surface area contributed by atoms with Gasteiger partial charge in [0.1, 0.15) is 28.6 Å². The molecule has 0 fully saturated rings. The number of thiazole rings is 1. The molecule has 0 aliphatic rings. The third-order valence-electron chi connectivity index (χ3n) is 6.49. The van der Waals surface area contributed by atoms with Crippen LogP contribution in [0, 0.1) is 25.5 Å². The fourth-order valence-corrected chi connectivity index (χ4v) is 5.86. The summed E-state index contributed by atoms with van der Waals surface area (Å²) < 4.78 is 35.8. The first-order chi connectivity index (χ1) is 19.6. The summed E-state index contributed by atoms with van der Waals surface area (Å²) in [6, 6.07) is 9.16. The van der Waals surface area contributed by atoms with Gasteiger partial charge in [0.05, 0.1) is 39.8 Å². The van der Waals surface area contributed by atoms with Gasteiger partial charge >= 0.3 is 0 Å². The van der Waals surface area contributed by atoms with Crippen molar-refractivity contribution in [3.8, 4) is 11.4 Å². The van der Waals surface area contributed by atoms with Gasteiger partial charge in [0.25, 0.3) is 5.91 Å². The lowest BCUT2D eigenvalue weighted by Crippen LogP contribution is -2.27. The molecule has 0 spiro atoms. The maximum atomic E-state index is 14.5. The number of aromatic nitrogens is 4. The Balaban J connectivity index is 1.43. The van der Waals surface area contributed by atoms with Crippen LogP contribution >= 0.6 is 22.9 Å². The first-order valence-electron chi connectivity index (χ1n) is 12.8. The van der Waals surface area contributed by atoms with Gasteiger partial charge in [0, 0.05) is 23.1 Å². The van der Waals surface area contributed by atoms with Crippen molar-refractivity contribution < 1.29 is 18.3 Å². The lowest BCUT2D eigenvalue weighted by Gasteiger charge is -2.20. The third-order valence-corrected chi connectivity index (χ3v) is 8.05. The monoisotopic (exact) mass is 596 g/mol. The summed E-state index contributed by atoms with van der Waals surface area (Å²) in [4.78, 5) is 22.6. The van der Waals surface area contributed by atoms with Crippen LogP contribution in [-0.2, 0) is 13.0 Å². The predicted octanol–water partition coefficient (Wildman–Crippen LogP) is 6.00. The number of nitrogens with zero attached hydrogens (tertiary/aromatic N) is 4. The molecule has 1 atom stereocenters. The summed E-state index contributed by atoms with van der Waals surface area (Å²) in [6.07, 6.45) is 3.00. The summed E-state index contributed by atoms with van der Waals surface area (Å²) in [7, 11) is 0. The van der Waals surface area contributed by atoms with Gasteiger partial charge in [-0.25, -0.2) is 23.4 Å². The van der Waals surface area contributed by atoms with Gasteiger partial charge in [-0.3, -0.25) is 4.79 Å². The lowest BCUT2D eigenvalue weighted by molar-refractivity contribution is 0.0942. The van der Waals surface area contributed by atoms with Crippen molar-refractivity contribution in [2.45, 2.75) is 39.8 Å². The zero-order chi connectivity index (χ0) is 29.3. The molecular weight excluding hydrogens is 570 g/mol. The molecule has 2 aromatic carbocycles. The van der Waals surface area contributed by atoms with Crippen molar-refractivity contribution in [2.75, 3.05) is 6.54 Å². The number of rotatable bonds is 9. The van der Waals surface area contributed by atoms with Crippen LogP contribution in [0.1, 0.15) is 50.2 Å². The van der Waals surface area contributed by atoms with E-state index in [4.69, 9.17) is 22.1 Å². The number of carbonyl (C=O) groups is 1. The number of ether oxygens (including phenoxy) is 1. The number of pyridine rings is 1. The second-order valence-corrected chi connectivity index (χ2v) is 11.0. The molecule has 0 saturated heterocycles. The van der Waals surface area contributed by atoms with E-state index in [1.54, 1.807) is 26.0 Å². The molecule has 3 heterocycles. The topological polar surface area (TPSA) is 108 Å². The smallest absolute Gasteiger partial charge is 0.263 e. The van der Waals surface area contributed by atoms with Crippen molar-refractivity contribution in [1.82, 2.24) is 25.1 Å². The fraction of sp³-hybridized carbons (Fsp3) is 0.241. The number of hydrogen-bond acceptors (Lipinski definition) is 7. The van der Waals surface area contributed by atoms with Crippen LogP contribution in [0.4, 0.5) is 8.78 Å². The number of amides is 1. The molecule has 12 heteroatoms. The van der Waals surface area contributed by atoms with E-state index in [0.717, 1.165) is 11.2 Å². The molecule has 3 N–H and O–H groups in total. The molecule has 0 radical (unpaired) electrons. The first-order valence-corrected chi connectivity index (χ1v) is 14.0. The quantitative estimate of drug-likeness (QED) is 0.216. The zero-order valence-corrected chi connectivity index (χ0v) is 24.1. The molecule has 0 aliphatic heterocycles. The van der Waals surface area contributed by atoms with E-state index < -0.39 is 17.7 Å². The molecule has 0 aliphatic carbocycles. The maximum absolute atomic E-state index is 14.5. The number of nitrogens with two attached hydrogens (primary N) is 1. The van der Waals surface area contributed by atoms with Gasteiger partial charge in [0.2, 0.25) is 0 Å². The number of nitrogens with one attached hydrogen (secondary N) is 1. The van der Waals surface area contributed by atoms with Crippen LogP contribution in [0.5, 0.6) is 5.75 Å². The molecule has 0 bridgehead atoms. The van der Waals surface area contributed by atoms with E-state index >= 15 is 0 Å². The van der Waals surface area contributed by atoms with Gasteiger partial charge < -0.3 is 15.8 Å². The Kier molecular flexibility index (Phi) is 8.30. The van der Waals surface area contributed by atoms with Crippen molar-refractivity contribution in [2.24, 2.45) is 5.73 Å². The van der Waals surface area contributed by atoms with Crippen LogP contribution < -0.4 is 15.8 Å². The highest BCUT2D eigenvalue weighted by Gasteiger charge is 2.22. The van der Waals surface area contributed by atoms with E-state index in [1.165, 1.54) is 34.3 Å². The Morgan fingerprint density at radius 1 is 1.20 bits per heavy atom. The van der Waals surface area contributed by atoms with Gasteiger partial charge in [0.15, 0.2) is 5.82 Å². The fourth-order valence-electron chi connectivity index (χ4n) is 4.61. The van der Waals surface area contributed by atoms with Crippen molar-refractivity contribution in [1.29, 1.82) is 0 Å². The normalized spacial score (nSPS) is 12.1. The third kappa shape index (κ3) is 6.07. The first kappa shape index (κ1) is 28.6. The summed E-state index contributed by atoms with van der Waals surface area (Å²) in [5, 5.41) is 8.67. The van der Waals surface area contributed by atoms with E-state index in [0.29, 0.717) is 62.7 Å². The van der Waals surface area contributed by atoms with Gasteiger partial charge in [-0.1, -0.05) is 23.7 Å². The van der Waals surface area contributed by atoms with Crippen LogP contribution in [0.25, 0.3) is 16.6 Å². The lowest BCUT2D eigenvalue weighted by atomic mass is 10.0.